The first kappa shape index (κ1) is 22.3. The van der Waals surface area contributed by atoms with Crippen LogP contribution in [0.25, 0.3) is 11.4 Å². The van der Waals surface area contributed by atoms with Gasteiger partial charge < -0.3 is 14.7 Å². The molecule has 2 saturated heterocycles. The van der Waals surface area contributed by atoms with Crippen molar-refractivity contribution in [2.75, 3.05) is 29.9 Å². The molecule has 2 aromatic carbocycles. The SMILES string of the molecule is Cc1ccc(-c2noc(CN3CCC(C(=O)Nc4cccc(N5CCCC5=O)c4)CC3)n2)cc1. The van der Waals surface area contributed by atoms with Gasteiger partial charge in [0.05, 0.1) is 6.54 Å². The van der Waals surface area contributed by atoms with Gasteiger partial charge in [-0.1, -0.05) is 41.1 Å². The van der Waals surface area contributed by atoms with E-state index in [4.69, 9.17) is 4.52 Å². The van der Waals surface area contributed by atoms with Crippen LogP contribution in [0.4, 0.5) is 11.4 Å². The fraction of sp³-hybridized carbons (Fsp3) is 0.385. The number of benzene rings is 2. The van der Waals surface area contributed by atoms with E-state index in [0.717, 1.165) is 55.8 Å². The molecule has 0 atom stereocenters. The summed E-state index contributed by atoms with van der Waals surface area (Å²) in [6.07, 6.45) is 3.01. The van der Waals surface area contributed by atoms with Crippen molar-refractivity contribution in [1.29, 1.82) is 0 Å². The molecule has 2 aliphatic heterocycles. The van der Waals surface area contributed by atoms with Crippen molar-refractivity contribution >= 4 is 23.2 Å². The molecule has 0 saturated carbocycles. The summed E-state index contributed by atoms with van der Waals surface area (Å²) < 4.78 is 5.46. The molecule has 0 radical (unpaired) electrons. The Labute approximate surface area is 198 Å². The molecule has 1 N–H and O–H groups in total. The van der Waals surface area contributed by atoms with Gasteiger partial charge in [-0.25, -0.2) is 0 Å². The molecular weight excluding hydrogens is 430 g/mol. The van der Waals surface area contributed by atoms with Crippen LogP contribution in [-0.2, 0) is 16.1 Å². The maximum absolute atomic E-state index is 12.9. The molecule has 176 valence electrons. The Bertz CT molecular complexity index is 1170. The van der Waals surface area contributed by atoms with Crippen LogP contribution in [0.15, 0.2) is 53.1 Å². The molecule has 0 spiro atoms. The number of nitrogens with one attached hydrogen (secondary N) is 1. The topological polar surface area (TPSA) is 91.6 Å². The number of rotatable bonds is 6. The van der Waals surface area contributed by atoms with E-state index in [-0.39, 0.29) is 17.7 Å². The average Bonchev–Trinajstić information content (AvgIpc) is 3.49. The van der Waals surface area contributed by atoms with E-state index in [1.54, 1.807) is 4.90 Å². The molecule has 0 unspecified atom stereocenters. The van der Waals surface area contributed by atoms with Crippen LogP contribution in [0, 0.1) is 12.8 Å². The fourth-order valence-electron chi connectivity index (χ4n) is 4.60. The molecule has 0 bridgehead atoms. The van der Waals surface area contributed by atoms with E-state index in [9.17, 15) is 9.59 Å². The third-order valence-electron chi connectivity index (χ3n) is 6.59. The number of carbonyl (C=O) groups excluding carboxylic acids is 2. The van der Waals surface area contributed by atoms with Crippen LogP contribution in [0.5, 0.6) is 0 Å². The zero-order valence-electron chi connectivity index (χ0n) is 19.4. The molecule has 2 fully saturated rings. The lowest BCUT2D eigenvalue weighted by Crippen LogP contribution is -2.37. The minimum Gasteiger partial charge on any atom is -0.338 e. The summed E-state index contributed by atoms with van der Waals surface area (Å²) in [5, 5.41) is 7.15. The first-order valence-corrected chi connectivity index (χ1v) is 11.9. The Balaban J connectivity index is 1.13. The van der Waals surface area contributed by atoms with Crippen LogP contribution >= 0.6 is 0 Å². The molecule has 34 heavy (non-hydrogen) atoms. The Morgan fingerprint density at radius 3 is 2.65 bits per heavy atom. The van der Waals surface area contributed by atoms with Crippen molar-refractivity contribution in [3.05, 3.63) is 60.0 Å². The molecule has 5 rings (SSSR count). The molecular formula is C26H29N5O3. The third-order valence-corrected chi connectivity index (χ3v) is 6.59. The van der Waals surface area contributed by atoms with Crippen LogP contribution < -0.4 is 10.2 Å². The average molecular weight is 460 g/mol. The molecule has 3 heterocycles. The number of nitrogens with zero attached hydrogens (tertiary/aromatic N) is 4. The van der Waals surface area contributed by atoms with Gasteiger partial charge >= 0.3 is 0 Å². The minimum absolute atomic E-state index is 0.0315. The van der Waals surface area contributed by atoms with Crippen molar-refractivity contribution in [3.63, 3.8) is 0 Å². The second kappa shape index (κ2) is 9.77. The lowest BCUT2D eigenvalue weighted by molar-refractivity contribution is -0.121. The fourth-order valence-corrected chi connectivity index (χ4v) is 4.60. The molecule has 2 amide bonds. The van der Waals surface area contributed by atoms with Gasteiger partial charge in [0, 0.05) is 35.8 Å². The van der Waals surface area contributed by atoms with Crippen molar-refractivity contribution in [1.82, 2.24) is 15.0 Å². The highest BCUT2D eigenvalue weighted by Gasteiger charge is 2.27. The van der Waals surface area contributed by atoms with Gasteiger partial charge in [-0.3, -0.25) is 14.5 Å². The molecule has 8 nitrogen and oxygen atoms in total. The van der Waals surface area contributed by atoms with Crippen molar-refractivity contribution in [3.8, 4) is 11.4 Å². The summed E-state index contributed by atoms with van der Waals surface area (Å²) in [5.41, 5.74) is 3.71. The van der Waals surface area contributed by atoms with Crippen molar-refractivity contribution in [2.45, 2.75) is 39.2 Å². The van der Waals surface area contributed by atoms with Gasteiger partial charge in [-0.15, -0.1) is 0 Å². The number of likely N-dealkylation sites (tertiary alicyclic amines) is 1. The number of anilines is 2. The first-order chi connectivity index (χ1) is 16.5. The van der Waals surface area contributed by atoms with Crippen LogP contribution in [-0.4, -0.2) is 46.5 Å². The minimum atomic E-state index is -0.0425. The highest BCUT2D eigenvalue weighted by atomic mass is 16.5. The van der Waals surface area contributed by atoms with Crippen molar-refractivity contribution < 1.29 is 14.1 Å². The summed E-state index contributed by atoms with van der Waals surface area (Å²) in [6, 6.07) is 15.6. The van der Waals surface area contributed by atoms with E-state index in [0.29, 0.717) is 24.7 Å². The van der Waals surface area contributed by atoms with Crippen LogP contribution in [0.2, 0.25) is 0 Å². The van der Waals surface area contributed by atoms with Gasteiger partial charge in [0.2, 0.25) is 23.5 Å². The highest BCUT2D eigenvalue weighted by Crippen LogP contribution is 2.26. The van der Waals surface area contributed by atoms with Gasteiger partial charge in [-0.05, 0) is 57.5 Å². The molecule has 8 heteroatoms. The standard InChI is InChI=1S/C26H29N5O3/c1-18-7-9-19(10-8-18)25-28-23(34-29-25)17-30-14-11-20(12-15-30)26(33)27-21-4-2-5-22(16-21)31-13-3-6-24(31)32/h2,4-5,7-10,16,20H,3,6,11-15,17H2,1H3,(H,27,33). The third kappa shape index (κ3) is 5.02. The zero-order valence-corrected chi connectivity index (χ0v) is 19.4. The molecule has 1 aromatic heterocycles. The van der Waals surface area contributed by atoms with Crippen LogP contribution in [0.1, 0.15) is 37.1 Å². The largest absolute Gasteiger partial charge is 0.338 e. The van der Waals surface area contributed by atoms with E-state index >= 15 is 0 Å². The second-order valence-corrected chi connectivity index (χ2v) is 9.12. The quantitative estimate of drug-likeness (QED) is 0.599. The number of hydrogen-bond acceptors (Lipinski definition) is 6. The predicted molar refractivity (Wildman–Crippen MR) is 129 cm³/mol. The summed E-state index contributed by atoms with van der Waals surface area (Å²) >= 11 is 0. The second-order valence-electron chi connectivity index (χ2n) is 9.12. The lowest BCUT2D eigenvalue weighted by Gasteiger charge is -2.30. The lowest BCUT2D eigenvalue weighted by atomic mass is 9.96. The Hall–Kier alpha value is -3.52. The monoisotopic (exact) mass is 459 g/mol. The maximum Gasteiger partial charge on any atom is 0.241 e. The summed E-state index contributed by atoms with van der Waals surface area (Å²) in [4.78, 5) is 33.5. The number of carbonyl (C=O) groups is 2. The van der Waals surface area contributed by atoms with E-state index < -0.39 is 0 Å². The normalized spacial score (nSPS) is 17.3. The molecule has 2 aliphatic rings. The number of aryl methyl sites for hydroxylation is 1. The van der Waals surface area contributed by atoms with Gasteiger partial charge in [-0.2, -0.15) is 4.98 Å². The Morgan fingerprint density at radius 2 is 1.91 bits per heavy atom. The number of amides is 2. The Morgan fingerprint density at radius 1 is 1.12 bits per heavy atom. The van der Waals surface area contributed by atoms with E-state index in [1.165, 1.54) is 5.56 Å². The molecule has 3 aromatic rings. The van der Waals surface area contributed by atoms with Gasteiger partial charge in [0.25, 0.3) is 0 Å². The summed E-state index contributed by atoms with van der Waals surface area (Å²) in [5.74, 6) is 1.32. The highest BCUT2D eigenvalue weighted by molar-refractivity contribution is 5.97. The smallest absolute Gasteiger partial charge is 0.241 e. The van der Waals surface area contributed by atoms with Gasteiger partial charge in [0.15, 0.2) is 0 Å². The predicted octanol–water partition coefficient (Wildman–Crippen LogP) is 4.02. The van der Waals surface area contributed by atoms with E-state index in [2.05, 4.69) is 20.4 Å². The van der Waals surface area contributed by atoms with Crippen molar-refractivity contribution in [2.24, 2.45) is 5.92 Å². The number of aromatic nitrogens is 2. The van der Waals surface area contributed by atoms with Crippen LogP contribution in [0.3, 0.4) is 0 Å². The summed E-state index contributed by atoms with van der Waals surface area (Å²) in [7, 11) is 0. The zero-order chi connectivity index (χ0) is 23.5. The number of hydrogen-bond donors (Lipinski definition) is 1. The maximum atomic E-state index is 12.9. The number of piperidine rings is 1. The molecule has 0 aliphatic carbocycles. The Kier molecular flexibility index (Phi) is 6.40. The first-order valence-electron chi connectivity index (χ1n) is 11.9. The van der Waals surface area contributed by atoms with E-state index in [1.807, 2.05) is 55.5 Å². The summed E-state index contributed by atoms with van der Waals surface area (Å²) in [6.45, 7) is 4.95. The van der Waals surface area contributed by atoms with Gasteiger partial charge in [0.1, 0.15) is 0 Å².